The molecule has 4 heteroatoms. The van der Waals surface area contributed by atoms with Gasteiger partial charge in [-0.05, 0) is 50.6 Å². The van der Waals surface area contributed by atoms with Gasteiger partial charge < -0.3 is 9.47 Å². The van der Waals surface area contributed by atoms with Crippen LogP contribution in [0.3, 0.4) is 0 Å². The molecular weight excluding hydrogens is 276 g/mol. The maximum atomic E-state index is 12.9. The standard InChI is InChI=1S/C18H22N2O2/c1-3-19(4-2)18(22)16-12-13-8-5-6-11-15(13)17(21)20(16)14-9-7-10-14/h5-6,8,11-12,14H,3-4,7,9-10H2,1-2H3. The summed E-state index contributed by atoms with van der Waals surface area (Å²) in [5.74, 6) is -0.0419. The molecule has 0 atom stereocenters. The first-order valence-corrected chi connectivity index (χ1v) is 8.11. The molecule has 0 saturated heterocycles. The second-order valence-corrected chi connectivity index (χ2v) is 5.85. The molecule has 0 aliphatic heterocycles. The number of fused-ring (bicyclic) bond motifs is 1. The Balaban J connectivity index is 2.22. The maximum absolute atomic E-state index is 12.9. The molecule has 116 valence electrons. The molecule has 1 aliphatic carbocycles. The smallest absolute Gasteiger partial charge is 0.270 e. The quantitative estimate of drug-likeness (QED) is 0.870. The van der Waals surface area contributed by atoms with Crippen LogP contribution in [0.15, 0.2) is 35.1 Å². The minimum absolute atomic E-state index is 0.0293. The van der Waals surface area contributed by atoms with E-state index in [-0.39, 0.29) is 17.5 Å². The summed E-state index contributed by atoms with van der Waals surface area (Å²) >= 11 is 0. The van der Waals surface area contributed by atoms with Crippen molar-refractivity contribution in [1.82, 2.24) is 9.47 Å². The highest BCUT2D eigenvalue weighted by Gasteiger charge is 2.27. The summed E-state index contributed by atoms with van der Waals surface area (Å²) in [7, 11) is 0. The molecule has 1 saturated carbocycles. The van der Waals surface area contributed by atoms with E-state index >= 15 is 0 Å². The average Bonchev–Trinajstić information content (AvgIpc) is 2.49. The van der Waals surface area contributed by atoms with Gasteiger partial charge in [0.2, 0.25) is 0 Å². The van der Waals surface area contributed by atoms with Gasteiger partial charge in [-0.25, -0.2) is 0 Å². The molecule has 1 amide bonds. The Labute approximate surface area is 130 Å². The minimum atomic E-state index is -0.0419. The summed E-state index contributed by atoms with van der Waals surface area (Å²) < 4.78 is 1.74. The Morgan fingerprint density at radius 1 is 1.23 bits per heavy atom. The maximum Gasteiger partial charge on any atom is 0.270 e. The Morgan fingerprint density at radius 3 is 2.50 bits per heavy atom. The molecule has 1 heterocycles. The van der Waals surface area contributed by atoms with Crippen molar-refractivity contribution >= 4 is 16.7 Å². The van der Waals surface area contributed by atoms with E-state index < -0.39 is 0 Å². The van der Waals surface area contributed by atoms with Crippen LogP contribution in [-0.4, -0.2) is 28.5 Å². The van der Waals surface area contributed by atoms with Gasteiger partial charge >= 0.3 is 0 Å². The third-order valence-corrected chi connectivity index (χ3v) is 4.67. The highest BCUT2D eigenvalue weighted by molar-refractivity contribution is 5.96. The molecule has 0 unspecified atom stereocenters. The van der Waals surface area contributed by atoms with E-state index in [0.29, 0.717) is 24.2 Å². The topological polar surface area (TPSA) is 42.3 Å². The second-order valence-electron chi connectivity index (χ2n) is 5.85. The van der Waals surface area contributed by atoms with Gasteiger partial charge in [-0.2, -0.15) is 0 Å². The fourth-order valence-corrected chi connectivity index (χ4v) is 3.12. The molecular formula is C18H22N2O2. The van der Waals surface area contributed by atoms with Crippen LogP contribution in [0.5, 0.6) is 0 Å². The number of benzene rings is 1. The molecule has 1 fully saturated rings. The van der Waals surface area contributed by atoms with Crippen molar-refractivity contribution in [3.8, 4) is 0 Å². The van der Waals surface area contributed by atoms with Crippen molar-refractivity contribution in [2.45, 2.75) is 39.2 Å². The Kier molecular flexibility index (Phi) is 4.01. The molecule has 1 aliphatic rings. The first kappa shape index (κ1) is 14.8. The largest absolute Gasteiger partial charge is 0.338 e. The van der Waals surface area contributed by atoms with Crippen LogP contribution in [0, 0.1) is 0 Å². The number of hydrogen-bond donors (Lipinski definition) is 0. The molecule has 0 bridgehead atoms. The number of aromatic nitrogens is 1. The lowest BCUT2D eigenvalue weighted by molar-refractivity contribution is 0.0754. The fraction of sp³-hybridized carbons (Fsp3) is 0.444. The van der Waals surface area contributed by atoms with E-state index in [1.165, 1.54) is 0 Å². The predicted octanol–water partition coefficient (Wildman–Crippen LogP) is 3.21. The Bertz CT molecular complexity index is 755. The third-order valence-electron chi connectivity index (χ3n) is 4.67. The van der Waals surface area contributed by atoms with Crippen molar-refractivity contribution in [1.29, 1.82) is 0 Å². The summed E-state index contributed by atoms with van der Waals surface area (Å²) in [6, 6.07) is 9.59. The number of nitrogens with zero attached hydrogens (tertiary/aromatic N) is 2. The van der Waals surface area contributed by atoms with Crippen molar-refractivity contribution in [3.05, 3.63) is 46.4 Å². The van der Waals surface area contributed by atoms with Gasteiger partial charge in [-0.15, -0.1) is 0 Å². The third kappa shape index (κ3) is 2.32. The van der Waals surface area contributed by atoms with Gasteiger partial charge in [0, 0.05) is 24.5 Å². The summed E-state index contributed by atoms with van der Waals surface area (Å²) in [5.41, 5.74) is 0.510. The van der Waals surface area contributed by atoms with Crippen LogP contribution in [0.2, 0.25) is 0 Å². The van der Waals surface area contributed by atoms with Crippen molar-refractivity contribution < 1.29 is 4.79 Å². The van der Waals surface area contributed by atoms with Crippen LogP contribution in [-0.2, 0) is 0 Å². The van der Waals surface area contributed by atoms with Gasteiger partial charge in [-0.1, -0.05) is 18.2 Å². The summed E-state index contributed by atoms with van der Waals surface area (Å²) in [6.45, 7) is 5.24. The zero-order valence-corrected chi connectivity index (χ0v) is 13.2. The lowest BCUT2D eigenvalue weighted by Gasteiger charge is -2.31. The first-order valence-electron chi connectivity index (χ1n) is 8.11. The average molecular weight is 298 g/mol. The molecule has 4 nitrogen and oxygen atoms in total. The number of amides is 1. The molecule has 0 spiro atoms. The Morgan fingerprint density at radius 2 is 1.91 bits per heavy atom. The van der Waals surface area contributed by atoms with Crippen LogP contribution in [0.1, 0.15) is 49.6 Å². The van der Waals surface area contributed by atoms with Gasteiger partial charge in [-0.3, -0.25) is 9.59 Å². The van der Waals surface area contributed by atoms with Gasteiger partial charge in [0.25, 0.3) is 11.5 Å². The highest BCUT2D eigenvalue weighted by Crippen LogP contribution is 2.32. The molecule has 2 aromatic rings. The number of carbonyl (C=O) groups is 1. The number of hydrogen-bond acceptors (Lipinski definition) is 2. The first-order chi connectivity index (χ1) is 10.7. The zero-order chi connectivity index (χ0) is 15.7. The van der Waals surface area contributed by atoms with E-state index in [1.54, 1.807) is 9.47 Å². The Hall–Kier alpha value is -2.10. The number of rotatable bonds is 4. The van der Waals surface area contributed by atoms with E-state index in [2.05, 4.69) is 0 Å². The van der Waals surface area contributed by atoms with E-state index in [9.17, 15) is 9.59 Å². The van der Waals surface area contributed by atoms with Crippen LogP contribution in [0.4, 0.5) is 0 Å². The van der Waals surface area contributed by atoms with Crippen molar-refractivity contribution in [2.75, 3.05) is 13.1 Å². The number of pyridine rings is 1. The van der Waals surface area contributed by atoms with Gasteiger partial charge in [0.15, 0.2) is 0 Å². The molecule has 22 heavy (non-hydrogen) atoms. The highest BCUT2D eigenvalue weighted by atomic mass is 16.2. The lowest BCUT2D eigenvalue weighted by atomic mass is 9.92. The summed E-state index contributed by atoms with van der Waals surface area (Å²) in [6.07, 6.45) is 3.09. The van der Waals surface area contributed by atoms with E-state index in [0.717, 1.165) is 24.6 Å². The summed E-state index contributed by atoms with van der Waals surface area (Å²) in [4.78, 5) is 27.5. The molecule has 1 aromatic carbocycles. The van der Waals surface area contributed by atoms with Crippen LogP contribution in [0.25, 0.3) is 10.8 Å². The second kappa shape index (κ2) is 5.95. The van der Waals surface area contributed by atoms with Crippen LogP contribution >= 0.6 is 0 Å². The van der Waals surface area contributed by atoms with Crippen LogP contribution < -0.4 is 5.56 Å². The van der Waals surface area contributed by atoms with E-state index in [4.69, 9.17) is 0 Å². The fourth-order valence-electron chi connectivity index (χ4n) is 3.12. The lowest BCUT2D eigenvalue weighted by Crippen LogP contribution is -2.38. The van der Waals surface area contributed by atoms with Gasteiger partial charge in [0.05, 0.1) is 0 Å². The minimum Gasteiger partial charge on any atom is -0.338 e. The molecule has 0 radical (unpaired) electrons. The normalized spacial score (nSPS) is 14.8. The van der Waals surface area contributed by atoms with E-state index in [1.807, 2.05) is 44.2 Å². The van der Waals surface area contributed by atoms with Gasteiger partial charge in [0.1, 0.15) is 5.69 Å². The monoisotopic (exact) mass is 298 g/mol. The molecule has 0 N–H and O–H groups in total. The summed E-state index contributed by atoms with van der Waals surface area (Å²) in [5, 5.41) is 1.55. The zero-order valence-electron chi connectivity index (χ0n) is 13.2. The molecule has 3 rings (SSSR count). The molecule has 1 aromatic heterocycles. The van der Waals surface area contributed by atoms with Crippen molar-refractivity contribution in [3.63, 3.8) is 0 Å². The predicted molar refractivity (Wildman–Crippen MR) is 88.3 cm³/mol. The van der Waals surface area contributed by atoms with Crippen molar-refractivity contribution in [2.24, 2.45) is 0 Å². The number of carbonyl (C=O) groups excluding carboxylic acids is 1. The SMILES string of the molecule is CCN(CC)C(=O)c1cc2ccccc2c(=O)n1C1CCC1.